The molecule has 0 spiro atoms. The van der Waals surface area contributed by atoms with Gasteiger partial charge in [0.15, 0.2) is 0 Å². The van der Waals surface area contributed by atoms with Crippen molar-refractivity contribution in [2.45, 2.75) is 6.10 Å². The smallest absolute Gasteiger partial charge is 0.132 e. The van der Waals surface area contributed by atoms with E-state index in [4.69, 9.17) is 0 Å². The van der Waals surface area contributed by atoms with Gasteiger partial charge >= 0.3 is 0 Å². The Morgan fingerprint density at radius 3 is 2.17 bits per heavy atom. The van der Waals surface area contributed by atoms with Crippen LogP contribution in [0.3, 0.4) is 0 Å². The third kappa shape index (κ3) is 2.84. The van der Waals surface area contributed by atoms with Crippen molar-refractivity contribution in [1.82, 2.24) is 0 Å². The number of hydrogen-bond donors (Lipinski definition) is 2. The summed E-state index contributed by atoms with van der Waals surface area (Å²) >= 11 is 0. The van der Waals surface area contributed by atoms with E-state index < -0.39 is 17.7 Å². The predicted molar refractivity (Wildman–Crippen MR) is 66.2 cm³/mol. The second kappa shape index (κ2) is 5.60. The molecule has 0 saturated carbocycles. The van der Waals surface area contributed by atoms with Crippen LogP contribution in [0.1, 0.15) is 11.7 Å². The first-order chi connectivity index (χ1) is 8.68. The Hall–Kier alpha value is -1.94. The first kappa shape index (κ1) is 12.5. The molecule has 94 valence electrons. The molecule has 0 aliphatic rings. The van der Waals surface area contributed by atoms with Crippen LogP contribution in [0, 0.1) is 11.6 Å². The highest BCUT2D eigenvalue weighted by Gasteiger charge is 2.17. The Morgan fingerprint density at radius 1 is 0.944 bits per heavy atom. The van der Waals surface area contributed by atoms with Crippen molar-refractivity contribution in [1.29, 1.82) is 0 Å². The third-order valence-corrected chi connectivity index (χ3v) is 2.61. The molecule has 1 unspecified atom stereocenters. The summed E-state index contributed by atoms with van der Waals surface area (Å²) in [6, 6.07) is 12.7. The van der Waals surface area contributed by atoms with E-state index in [1.807, 2.05) is 30.3 Å². The van der Waals surface area contributed by atoms with Gasteiger partial charge in [0, 0.05) is 12.2 Å². The Balaban J connectivity index is 2.06. The summed E-state index contributed by atoms with van der Waals surface area (Å²) in [6.07, 6.45) is -1.23. The number of benzene rings is 2. The first-order valence-corrected chi connectivity index (χ1v) is 5.59. The molecule has 0 aromatic heterocycles. The monoisotopic (exact) mass is 249 g/mol. The van der Waals surface area contributed by atoms with Gasteiger partial charge in [0.2, 0.25) is 0 Å². The molecule has 18 heavy (non-hydrogen) atoms. The molecule has 2 aromatic carbocycles. The number of aliphatic hydroxyl groups is 1. The Bertz CT molecular complexity index is 496. The zero-order valence-corrected chi connectivity index (χ0v) is 9.61. The zero-order chi connectivity index (χ0) is 13.0. The molecule has 0 heterocycles. The summed E-state index contributed by atoms with van der Waals surface area (Å²) < 4.78 is 26.8. The van der Waals surface area contributed by atoms with E-state index in [1.54, 1.807) is 0 Å². The minimum atomic E-state index is -1.23. The Labute approximate surface area is 104 Å². The molecule has 0 bridgehead atoms. The molecule has 2 rings (SSSR count). The fraction of sp³-hybridized carbons (Fsp3) is 0.143. The zero-order valence-electron chi connectivity index (χ0n) is 9.61. The number of rotatable bonds is 4. The molecule has 2 aromatic rings. The number of halogens is 2. The summed E-state index contributed by atoms with van der Waals surface area (Å²) in [7, 11) is 0. The second-order valence-corrected chi connectivity index (χ2v) is 3.90. The number of nitrogens with one attached hydrogen (secondary N) is 1. The number of aliphatic hydroxyl groups excluding tert-OH is 1. The summed E-state index contributed by atoms with van der Waals surface area (Å²) in [5.41, 5.74) is 0.481. The van der Waals surface area contributed by atoms with Crippen molar-refractivity contribution in [2.75, 3.05) is 11.9 Å². The quantitative estimate of drug-likeness (QED) is 0.872. The highest BCUT2D eigenvalue weighted by molar-refractivity contribution is 5.42. The van der Waals surface area contributed by atoms with Crippen LogP contribution in [-0.4, -0.2) is 11.7 Å². The van der Waals surface area contributed by atoms with Crippen LogP contribution >= 0.6 is 0 Å². The van der Waals surface area contributed by atoms with Crippen LogP contribution in [0.5, 0.6) is 0 Å². The maximum absolute atomic E-state index is 13.4. The standard InChI is InChI=1S/C14H13F2NO/c15-11-7-4-8-12(16)14(11)13(18)9-17-10-5-2-1-3-6-10/h1-8,13,17-18H,9H2. The van der Waals surface area contributed by atoms with E-state index in [9.17, 15) is 13.9 Å². The first-order valence-electron chi connectivity index (χ1n) is 5.59. The molecular weight excluding hydrogens is 236 g/mol. The fourth-order valence-corrected chi connectivity index (χ4v) is 1.70. The van der Waals surface area contributed by atoms with Gasteiger partial charge in [0.1, 0.15) is 17.7 Å². The predicted octanol–water partition coefficient (Wildman–Crippen LogP) is 3.11. The maximum Gasteiger partial charge on any atom is 0.132 e. The molecule has 0 radical (unpaired) electrons. The van der Waals surface area contributed by atoms with Gasteiger partial charge in [0.25, 0.3) is 0 Å². The van der Waals surface area contributed by atoms with Gasteiger partial charge in [-0.25, -0.2) is 8.78 Å². The van der Waals surface area contributed by atoms with Crippen LogP contribution in [0.4, 0.5) is 14.5 Å². The van der Waals surface area contributed by atoms with Gasteiger partial charge in [-0.15, -0.1) is 0 Å². The van der Waals surface area contributed by atoms with Crippen molar-refractivity contribution >= 4 is 5.69 Å². The summed E-state index contributed by atoms with van der Waals surface area (Å²) in [4.78, 5) is 0. The molecule has 0 aliphatic heterocycles. The van der Waals surface area contributed by atoms with E-state index >= 15 is 0 Å². The lowest BCUT2D eigenvalue weighted by Gasteiger charge is -2.14. The maximum atomic E-state index is 13.4. The highest BCUT2D eigenvalue weighted by atomic mass is 19.1. The topological polar surface area (TPSA) is 32.3 Å². The normalized spacial score (nSPS) is 12.2. The Kier molecular flexibility index (Phi) is 3.89. The third-order valence-electron chi connectivity index (χ3n) is 2.61. The van der Waals surface area contributed by atoms with Gasteiger partial charge < -0.3 is 10.4 Å². The van der Waals surface area contributed by atoms with Crippen molar-refractivity contribution < 1.29 is 13.9 Å². The van der Waals surface area contributed by atoms with E-state index in [1.165, 1.54) is 6.07 Å². The van der Waals surface area contributed by atoms with Gasteiger partial charge in [-0.05, 0) is 24.3 Å². The van der Waals surface area contributed by atoms with E-state index in [2.05, 4.69) is 5.32 Å². The molecule has 0 aliphatic carbocycles. The second-order valence-electron chi connectivity index (χ2n) is 3.90. The minimum Gasteiger partial charge on any atom is -0.386 e. The minimum absolute atomic E-state index is 0.0435. The average molecular weight is 249 g/mol. The van der Waals surface area contributed by atoms with E-state index in [0.29, 0.717) is 0 Å². The number of hydrogen-bond acceptors (Lipinski definition) is 2. The SMILES string of the molecule is OC(CNc1ccccc1)c1c(F)cccc1F. The summed E-state index contributed by atoms with van der Waals surface area (Å²) in [5.74, 6) is -1.48. The largest absolute Gasteiger partial charge is 0.386 e. The van der Waals surface area contributed by atoms with E-state index in [0.717, 1.165) is 17.8 Å². The molecule has 1 atom stereocenters. The summed E-state index contributed by atoms with van der Waals surface area (Å²) in [5, 5.41) is 12.7. The van der Waals surface area contributed by atoms with Gasteiger partial charge in [0.05, 0.1) is 5.56 Å². The molecule has 2 N–H and O–H groups in total. The van der Waals surface area contributed by atoms with Gasteiger partial charge in [-0.3, -0.25) is 0 Å². The molecule has 0 amide bonds. The number of para-hydroxylation sites is 1. The summed E-state index contributed by atoms with van der Waals surface area (Å²) in [6.45, 7) is 0.0435. The molecule has 0 saturated heterocycles. The average Bonchev–Trinajstić information content (AvgIpc) is 2.37. The lowest BCUT2D eigenvalue weighted by Crippen LogP contribution is -2.15. The van der Waals surface area contributed by atoms with Crippen molar-refractivity contribution in [3.63, 3.8) is 0 Å². The van der Waals surface area contributed by atoms with Crippen molar-refractivity contribution in [3.05, 3.63) is 65.7 Å². The van der Waals surface area contributed by atoms with Crippen LogP contribution in [0.2, 0.25) is 0 Å². The van der Waals surface area contributed by atoms with Crippen molar-refractivity contribution in [3.8, 4) is 0 Å². The molecule has 4 heteroatoms. The molecule has 2 nitrogen and oxygen atoms in total. The lowest BCUT2D eigenvalue weighted by atomic mass is 10.1. The van der Waals surface area contributed by atoms with Crippen LogP contribution in [0.25, 0.3) is 0 Å². The van der Waals surface area contributed by atoms with Crippen molar-refractivity contribution in [2.24, 2.45) is 0 Å². The number of anilines is 1. The molecule has 0 fully saturated rings. The highest BCUT2D eigenvalue weighted by Crippen LogP contribution is 2.21. The molecular formula is C14H13F2NO. The lowest BCUT2D eigenvalue weighted by molar-refractivity contribution is 0.181. The van der Waals surface area contributed by atoms with Crippen LogP contribution in [0.15, 0.2) is 48.5 Å². The Morgan fingerprint density at radius 2 is 1.56 bits per heavy atom. The fourth-order valence-electron chi connectivity index (χ4n) is 1.70. The van der Waals surface area contributed by atoms with Crippen LogP contribution < -0.4 is 5.32 Å². The van der Waals surface area contributed by atoms with Gasteiger partial charge in [-0.1, -0.05) is 24.3 Å². The van der Waals surface area contributed by atoms with E-state index in [-0.39, 0.29) is 12.1 Å². The van der Waals surface area contributed by atoms with Gasteiger partial charge in [-0.2, -0.15) is 0 Å². The van der Waals surface area contributed by atoms with Crippen LogP contribution in [-0.2, 0) is 0 Å².